The molecule has 5 nitrogen and oxygen atoms in total. The van der Waals surface area contributed by atoms with E-state index in [1.54, 1.807) is 12.1 Å². The lowest BCUT2D eigenvalue weighted by atomic mass is 10.1. The molecule has 0 amide bonds. The summed E-state index contributed by atoms with van der Waals surface area (Å²) < 4.78 is 37.7. The van der Waals surface area contributed by atoms with Crippen molar-refractivity contribution in [2.24, 2.45) is 0 Å². The maximum atomic E-state index is 12.9. The zero-order valence-electron chi connectivity index (χ0n) is 11.7. The van der Waals surface area contributed by atoms with Gasteiger partial charge in [0.25, 0.3) is 0 Å². The predicted octanol–water partition coefficient (Wildman–Crippen LogP) is 2.15. The third-order valence-electron chi connectivity index (χ3n) is 3.26. The molecule has 0 saturated carbocycles. The van der Waals surface area contributed by atoms with Crippen molar-refractivity contribution in [2.45, 2.75) is 24.3 Å². The van der Waals surface area contributed by atoms with Crippen molar-refractivity contribution >= 4 is 21.6 Å². The Hall–Kier alpha value is -0.820. The number of sulfonamides is 1. The van der Waals surface area contributed by atoms with E-state index in [0.29, 0.717) is 24.8 Å². The van der Waals surface area contributed by atoms with Crippen LogP contribution < -0.4 is 4.74 Å². The molecule has 7 heteroatoms. The van der Waals surface area contributed by atoms with Gasteiger partial charge >= 0.3 is 0 Å². The summed E-state index contributed by atoms with van der Waals surface area (Å²) in [4.78, 5) is 0.0856. The number of hydrogen-bond acceptors (Lipinski definition) is 4. The summed E-state index contributed by atoms with van der Waals surface area (Å²) in [6.45, 7) is 4.72. The van der Waals surface area contributed by atoms with E-state index in [4.69, 9.17) is 21.1 Å². The predicted molar refractivity (Wildman–Crippen MR) is 76.8 cm³/mol. The summed E-state index contributed by atoms with van der Waals surface area (Å²) in [5.74, 6) is 0.289. The quantitative estimate of drug-likeness (QED) is 0.856. The van der Waals surface area contributed by atoms with Gasteiger partial charge in [0.2, 0.25) is 10.0 Å². The molecule has 0 atom stereocenters. The first-order chi connectivity index (χ1) is 9.29. The molecule has 0 radical (unpaired) electrons. The molecule has 112 valence electrons. The van der Waals surface area contributed by atoms with Crippen molar-refractivity contribution in [1.82, 2.24) is 4.31 Å². The number of benzene rings is 1. The van der Waals surface area contributed by atoms with Gasteiger partial charge in [-0.15, -0.1) is 0 Å². The van der Waals surface area contributed by atoms with Gasteiger partial charge in [-0.3, -0.25) is 0 Å². The molecule has 1 fully saturated rings. The molecule has 2 rings (SSSR count). The lowest BCUT2D eigenvalue weighted by molar-refractivity contribution is -0.00776. The number of morpholine rings is 1. The number of halogens is 1. The zero-order chi connectivity index (χ0) is 15.0. The van der Waals surface area contributed by atoms with Gasteiger partial charge < -0.3 is 9.47 Å². The Bertz CT molecular complexity index is 600. The van der Waals surface area contributed by atoms with Crippen LogP contribution in [0.4, 0.5) is 0 Å². The van der Waals surface area contributed by atoms with Crippen LogP contribution >= 0.6 is 11.6 Å². The number of rotatable bonds is 3. The highest BCUT2D eigenvalue weighted by molar-refractivity contribution is 7.89. The molecular formula is C13H18ClNO4S. The number of hydrogen-bond donors (Lipinski definition) is 0. The second-order valence-electron chi connectivity index (χ2n) is 5.24. The normalized spacial score (nSPS) is 19.8. The van der Waals surface area contributed by atoms with Crippen LogP contribution in [-0.2, 0) is 14.8 Å². The topological polar surface area (TPSA) is 55.8 Å². The molecule has 0 spiro atoms. The Labute approximate surface area is 124 Å². The summed E-state index contributed by atoms with van der Waals surface area (Å²) in [6.07, 6.45) is 0. The zero-order valence-corrected chi connectivity index (χ0v) is 13.3. The van der Waals surface area contributed by atoms with Crippen molar-refractivity contribution in [3.63, 3.8) is 0 Å². The summed E-state index contributed by atoms with van der Waals surface area (Å²) in [7, 11) is -2.25. The van der Waals surface area contributed by atoms with Crippen molar-refractivity contribution < 1.29 is 17.9 Å². The summed E-state index contributed by atoms with van der Waals surface area (Å²) in [6, 6.07) is 4.58. The largest absolute Gasteiger partial charge is 0.495 e. The van der Waals surface area contributed by atoms with Gasteiger partial charge in [0.15, 0.2) is 0 Å². The fraction of sp³-hybridized carbons (Fsp3) is 0.538. The minimum absolute atomic E-state index is 0.0856. The number of methoxy groups -OCH3 is 1. The van der Waals surface area contributed by atoms with Crippen LogP contribution in [0, 0.1) is 0 Å². The second kappa shape index (κ2) is 5.52. The first-order valence-electron chi connectivity index (χ1n) is 6.23. The average Bonchev–Trinajstić information content (AvgIpc) is 2.37. The lowest BCUT2D eigenvalue weighted by Gasteiger charge is -2.40. The summed E-state index contributed by atoms with van der Waals surface area (Å²) >= 11 is 5.93. The summed E-state index contributed by atoms with van der Waals surface area (Å²) in [5.41, 5.74) is -0.607. The fourth-order valence-corrected chi connectivity index (χ4v) is 4.43. The SMILES string of the molecule is COc1ccc(Cl)cc1S(=O)(=O)N1CCOCC1(C)C. The smallest absolute Gasteiger partial charge is 0.247 e. The second-order valence-corrected chi connectivity index (χ2v) is 7.50. The van der Waals surface area contributed by atoms with E-state index >= 15 is 0 Å². The molecule has 1 aliphatic rings. The van der Waals surface area contributed by atoms with E-state index in [0.717, 1.165) is 0 Å². The van der Waals surface area contributed by atoms with E-state index in [1.165, 1.54) is 17.5 Å². The third kappa shape index (κ3) is 2.79. The molecule has 0 bridgehead atoms. The highest BCUT2D eigenvalue weighted by Crippen LogP contribution is 2.33. The number of nitrogens with zero attached hydrogens (tertiary/aromatic N) is 1. The van der Waals surface area contributed by atoms with Crippen molar-refractivity contribution in [3.8, 4) is 5.75 Å². The summed E-state index contributed by atoms with van der Waals surface area (Å²) in [5, 5.41) is 0.357. The van der Waals surface area contributed by atoms with E-state index in [2.05, 4.69) is 0 Å². The van der Waals surface area contributed by atoms with Crippen molar-refractivity contribution in [3.05, 3.63) is 23.2 Å². The Kier molecular flexibility index (Phi) is 4.30. The maximum absolute atomic E-state index is 12.9. The first kappa shape index (κ1) is 15.6. The molecule has 0 aliphatic carbocycles. The van der Waals surface area contributed by atoms with Crippen LogP contribution in [0.2, 0.25) is 5.02 Å². The highest BCUT2D eigenvalue weighted by Gasteiger charge is 2.40. The Morgan fingerprint density at radius 1 is 1.40 bits per heavy atom. The van der Waals surface area contributed by atoms with Gasteiger partial charge in [-0.1, -0.05) is 11.6 Å². The minimum atomic E-state index is -3.69. The molecule has 1 saturated heterocycles. The minimum Gasteiger partial charge on any atom is -0.495 e. The molecule has 1 heterocycles. The first-order valence-corrected chi connectivity index (χ1v) is 8.05. The van der Waals surface area contributed by atoms with Gasteiger partial charge in [-0.25, -0.2) is 8.42 Å². The molecule has 20 heavy (non-hydrogen) atoms. The molecule has 0 aromatic heterocycles. The standard InChI is InChI=1S/C13H18ClNO4S/c1-13(2)9-19-7-6-15(13)20(16,17)12-8-10(14)4-5-11(12)18-3/h4-5,8H,6-7,9H2,1-3H3. The molecule has 1 aliphatic heterocycles. The third-order valence-corrected chi connectivity index (χ3v) is 5.63. The van der Waals surface area contributed by atoms with Crippen LogP contribution in [0.15, 0.2) is 23.1 Å². The van der Waals surface area contributed by atoms with Crippen molar-refractivity contribution in [1.29, 1.82) is 0 Å². The molecular weight excluding hydrogens is 302 g/mol. The Balaban J connectivity index is 2.52. The molecule has 1 aromatic carbocycles. The average molecular weight is 320 g/mol. The fourth-order valence-electron chi connectivity index (χ4n) is 2.26. The van der Waals surface area contributed by atoms with E-state index in [-0.39, 0.29) is 10.6 Å². The van der Waals surface area contributed by atoms with Gasteiger partial charge in [0, 0.05) is 11.6 Å². The molecule has 0 unspecified atom stereocenters. The van der Waals surface area contributed by atoms with E-state index in [9.17, 15) is 8.42 Å². The Morgan fingerprint density at radius 2 is 2.10 bits per heavy atom. The van der Waals surface area contributed by atoms with Gasteiger partial charge in [0.05, 0.1) is 25.9 Å². The highest BCUT2D eigenvalue weighted by atomic mass is 35.5. The Morgan fingerprint density at radius 3 is 2.70 bits per heavy atom. The van der Waals surface area contributed by atoms with Gasteiger partial charge in [0.1, 0.15) is 10.6 Å². The van der Waals surface area contributed by atoms with Crippen LogP contribution in [0.25, 0.3) is 0 Å². The van der Waals surface area contributed by atoms with Gasteiger partial charge in [-0.05, 0) is 32.0 Å². The van der Waals surface area contributed by atoms with Crippen LogP contribution in [-0.4, -0.2) is 45.1 Å². The lowest BCUT2D eigenvalue weighted by Crippen LogP contribution is -2.55. The monoisotopic (exact) mass is 319 g/mol. The van der Waals surface area contributed by atoms with Crippen LogP contribution in [0.1, 0.15) is 13.8 Å². The van der Waals surface area contributed by atoms with E-state index < -0.39 is 15.6 Å². The van der Waals surface area contributed by atoms with Crippen LogP contribution in [0.5, 0.6) is 5.75 Å². The van der Waals surface area contributed by atoms with Crippen molar-refractivity contribution in [2.75, 3.05) is 26.9 Å². The van der Waals surface area contributed by atoms with E-state index in [1.807, 2.05) is 13.8 Å². The van der Waals surface area contributed by atoms with Crippen LogP contribution in [0.3, 0.4) is 0 Å². The number of ether oxygens (including phenoxy) is 2. The molecule has 1 aromatic rings. The van der Waals surface area contributed by atoms with Gasteiger partial charge in [-0.2, -0.15) is 4.31 Å². The molecule has 0 N–H and O–H groups in total. The maximum Gasteiger partial charge on any atom is 0.247 e.